The van der Waals surface area contributed by atoms with Crippen molar-refractivity contribution in [3.63, 3.8) is 0 Å². The van der Waals surface area contributed by atoms with Crippen molar-refractivity contribution in [3.8, 4) is 0 Å². The van der Waals surface area contributed by atoms with Crippen LogP contribution in [0.5, 0.6) is 0 Å². The Morgan fingerprint density at radius 3 is 2.50 bits per heavy atom. The normalized spacial score (nSPS) is 28.0. The minimum atomic E-state index is -0.278. The smallest absolute Gasteiger partial charge is 0.308 e. The number of benzene rings is 1. The van der Waals surface area contributed by atoms with E-state index in [9.17, 15) is 9.59 Å². The fourth-order valence-electron chi connectivity index (χ4n) is 2.65. The molecule has 2 rings (SSSR count). The number of esters is 1. The van der Waals surface area contributed by atoms with Gasteiger partial charge in [-0.1, -0.05) is 44.2 Å². The third kappa shape index (κ3) is 4.86. The van der Waals surface area contributed by atoms with Crippen LogP contribution in [0, 0.1) is 11.8 Å². The number of carbonyl (C=O) groups excluding carboxylic acids is 2. The van der Waals surface area contributed by atoms with Gasteiger partial charge in [-0.2, -0.15) is 0 Å². The van der Waals surface area contributed by atoms with Gasteiger partial charge < -0.3 is 10.1 Å². The number of rotatable bonds is 1. The first-order chi connectivity index (χ1) is 10.6. The molecule has 0 spiro atoms. The van der Waals surface area contributed by atoms with Gasteiger partial charge in [-0.05, 0) is 30.7 Å². The van der Waals surface area contributed by atoms with Crippen LogP contribution in [0.15, 0.2) is 30.3 Å². The molecule has 3 atom stereocenters. The van der Waals surface area contributed by atoms with Crippen molar-refractivity contribution in [1.82, 2.24) is 5.32 Å². The van der Waals surface area contributed by atoms with Crippen LogP contribution in [0.3, 0.4) is 0 Å². The van der Waals surface area contributed by atoms with Gasteiger partial charge in [0.2, 0.25) is 5.91 Å². The molecule has 1 amide bonds. The highest BCUT2D eigenvalue weighted by Gasteiger charge is 2.22. The fraction of sp³-hybridized carbons (Fsp3) is 0.556. The number of cyclic esters (lactones) is 1. The molecule has 120 valence electrons. The molecule has 1 heterocycles. The lowest BCUT2D eigenvalue weighted by molar-refractivity contribution is -0.149. The van der Waals surface area contributed by atoms with Crippen molar-refractivity contribution in [1.29, 1.82) is 0 Å². The van der Waals surface area contributed by atoms with Gasteiger partial charge in [-0.25, -0.2) is 0 Å². The highest BCUT2D eigenvalue weighted by atomic mass is 16.5. The molecule has 0 radical (unpaired) electrons. The zero-order valence-electron chi connectivity index (χ0n) is 13.4. The van der Waals surface area contributed by atoms with E-state index in [4.69, 9.17) is 4.74 Å². The Morgan fingerprint density at radius 1 is 1.05 bits per heavy atom. The SMILES string of the molecule is C[C@@H]1CCC(=O)NC(c2ccccc2)COC(=O)[C@H](C)CC1. The molecule has 4 heteroatoms. The average molecular weight is 303 g/mol. The van der Waals surface area contributed by atoms with Crippen molar-refractivity contribution in [2.24, 2.45) is 11.8 Å². The summed E-state index contributed by atoms with van der Waals surface area (Å²) < 4.78 is 5.42. The largest absolute Gasteiger partial charge is 0.463 e. The van der Waals surface area contributed by atoms with Gasteiger partial charge in [-0.15, -0.1) is 0 Å². The van der Waals surface area contributed by atoms with Crippen LogP contribution >= 0.6 is 0 Å². The first-order valence-corrected chi connectivity index (χ1v) is 8.07. The summed E-state index contributed by atoms with van der Waals surface area (Å²) >= 11 is 0. The predicted octanol–water partition coefficient (Wildman–Crippen LogP) is 3.23. The van der Waals surface area contributed by atoms with Gasteiger partial charge in [0.15, 0.2) is 0 Å². The monoisotopic (exact) mass is 303 g/mol. The van der Waals surface area contributed by atoms with E-state index < -0.39 is 0 Å². The highest BCUT2D eigenvalue weighted by Crippen LogP contribution is 2.21. The quantitative estimate of drug-likeness (QED) is 0.810. The summed E-state index contributed by atoms with van der Waals surface area (Å²) in [6, 6.07) is 9.37. The van der Waals surface area contributed by atoms with Crippen LogP contribution in [0.4, 0.5) is 0 Å². The topological polar surface area (TPSA) is 55.4 Å². The molecule has 0 bridgehead atoms. The number of hydrogen-bond acceptors (Lipinski definition) is 3. The molecule has 0 saturated carbocycles. The molecule has 1 aromatic rings. The third-order valence-electron chi connectivity index (χ3n) is 4.29. The summed E-state index contributed by atoms with van der Waals surface area (Å²) in [6.45, 7) is 4.23. The average Bonchev–Trinajstić information content (AvgIpc) is 2.54. The standard InChI is InChI=1S/C18H25NO3/c1-13-8-10-14(2)18(21)22-12-16(19-17(20)11-9-13)15-6-4-3-5-7-15/h3-7,13-14,16H,8-12H2,1-2H3,(H,19,20)/t13-,14+,16?/m0/s1. The number of ether oxygens (including phenoxy) is 1. The molecule has 1 fully saturated rings. The lowest BCUT2D eigenvalue weighted by atomic mass is 9.94. The van der Waals surface area contributed by atoms with Crippen LogP contribution in [0.25, 0.3) is 0 Å². The van der Waals surface area contributed by atoms with E-state index in [1.54, 1.807) is 0 Å². The summed E-state index contributed by atoms with van der Waals surface area (Å²) in [6.07, 6.45) is 3.14. The first-order valence-electron chi connectivity index (χ1n) is 8.07. The second-order valence-corrected chi connectivity index (χ2v) is 6.28. The van der Waals surface area contributed by atoms with Crippen LogP contribution in [0.2, 0.25) is 0 Å². The zero-order valence-corrected chi connectivity index (χ0v) is 13.4. The van der Waals surface area contributed by atoms with Crippen molar-refractivity contribution < 1.29 is 14.3 Å². The molecule has 1 aromatic carbocycles. The van der Waals surface area contributed by atoms with E-state index in [0.29, 0.717) is 12.3 Å². The molecule has 4 nitrogen and oxygen atoms in total. The second kappa shape index (κ2) is 7.97. The van der Waals surface area contributed by atoms with E-state index in [0.717, 1.165) is 24.8 Å². The van der Waals surface area contributed by atoms with Crippen LogP contribution in [-0.4, -0.2) is 18.5 Å². The molecule has 1 saturated heterocycles. The highest BCUT2D eigenvalue weighted by molar-refractivity contribution is 5.76. The summed E-state index contributed by atoms with van der Waals surface area (Å²) in [7, 11) is 0. The maximum absolute atomic E-state index is 12.1. The molecular formula is C18H25NO3. The van der Waals surface area contributed by atoms with Gasteiger partial charge in [-0.3, -0.25) is 9.59 Å². The molecule has 1 unspecified atom stereocenters. The minimum absolute atomic E-state index is 0.0189. The van der Waals surface area contributed by atoms with Crippen molar-refractivity contribution in [3.05, 3.63) is 35.9 Å². The maximum Gasteiger partial charge on any atom is 0.308 e. The molecule has 22 heavy (non-hydrogen) atoms. The Bertz CT molecular complexity index is 500. The summed E-state index contributed by atoms with van der Waals surface area (Å²) in [5, 5.41) is 2.99. The molecule has 0 aliphatic carbocycles. The summed E-state index contributed by atoms with van der Waals surface area (Å²) in [5.74, 6) is 0.193. The zero-order chi connectivity index (χ0) is 15.9. The van der Waals surface area contributed by atoms with Crippen LogP contribution < -0.4 is 5.32 Å². The number of carbonyl (C=O) groups is 2. The van der Waals surface area contributed by atoms with E-state index in [2.05, 4.69) is 12.2 Å². The lowest BCUT2D eigenvalue weighted by Crippen LogP contribution is -2.33. The van der Waals surface area contributed by atoms with E-state index >= 15 is 0 Å². The Labute approximate surface area is 132 Å². The lowest BCUT2D eigenvalue weighted by Gasteiger charge is -2.22. The van der Waals surface area contributed by atoms with Gasteiger partial charge in [0, 0.05) is 6.42 Å². The second-order valence-electron chi connectivity index (χ2n) is 6.28. The Kier molecular flexibility index (Phi) is 5.99. The Hall–Kier alpha value is -1.84. The molecule has 0 aromatic heterocycles. The maximum atomic E-state index is 12.1. The predicted molar refractivity (Wildman–Crippen MR) is 85.1 cm³/mol. The number of nitrogens with one attached hydrogen (secondary N) is 1. The first kappa shape index (κ1) is 16.5. The summed E-state index contributed by atoms with van der Waals surface area (Å²) in [5.41, 5.74) is 0.960. The Morgan fingerprint density at radius 2 is 1.77 bits per heavy atom. The number of hydrogen-bond donors (Lipinski definition) is 1. The van der Waals surface area contributed by atoms with Gasteiger partial charge in [0.25, 0.3) is 0 Å². The van der Waals surface area contributed by atoms with Crippen molar-refractivity contribution in [2.75, 3.05) is 6.61 Å². The van der Waals surface area contributed by atoms with Gasteiger partial charge in [0.05, 0.1) is 12.0 Å². The van der Waals surface area contributed by atoms with E-state index in [-0.39, 0.29) is 30.4 Å². The molecule has 1 aliphatic rings. The van der Waals surface area contributed by atoms with Crippen molar-refractivity contribution in [2.45, 2.75) is 45.6 Å². The van der Waals surface area contributed by atoms with E-state index in [1.807, 2.05) is 37.3 Å². The molecule has 1 N–H and O–H groups in total. The molecular weight excluding hydrogens is 278 g/mol. The fourth-order valence-corrected chi connectivity index (χ4v) is 2.65. The van der Waals surface area contributed by atoms with E-state index in [1.165, 1.54) is 0 Å². The molecule has 1 aliphatic heterocycles. The van der Waals surface area contributed by atoms with Gasteiger partial charge >= 0.3 is 5.97 Å². The third-order valence-corrected chi connectivity index (χ3v) is 4.29. The van der Waals surface area contributed by atoms with Gasteiger partial charge in [0.1, 0.15) is 6.61 Å². The summed E-state index contributed by atoms with van der Waals surface area (Å²) in [4.78, 5) is 24.2. The Balaban J connectivity index is 2.11. The van der Waals surface area contributed by atoms with Crippen molar-refractivity contribution >= 4 is 11.9 Å². The van der Waals surface area contributed by atoms with Crippen LogP contribution in [-0.2, 0) is 14.3 Å². The number of amides is 1. The van der Waals surface area contributed by atoms with Crippen LogP contribution in [0.1, 0.15) is 51.1 Å². The minimum Gasteiger partial charge on any atom is -0.463 e.